The van der Waals surface area contributed by atoms with Crippen LogP contribution in [-0.4, -0.2) is 35.1 Å². The van der Waals surface area contributed by atoms with Crippen molar-refractivity contribution in [2.45, 2.75) is 43.5 Å². The number of anilines is 2. The minimum Gasteiger partial charge on any atom is -0.477 e. The van der Waals surface area contributed by atoms with E-state index in [2.05, 4.69) is 60.3 Å². The molecule has 0 aliphatic carbocycles. The Balaban J connectivity index is 1.87. The summed E-state index contributed by atoms with van der Waals surface area (Å²) >= 11 is 1.40. The highest BCUT2D eigenvalue weighted by atomic mass is 32.2. The Morgan fingerprint density at radius 2 is 1.66 bits per heavy atom. The van der Waals surface area contributed by atoms with Crippen molar-refractivity contribution in [1.82, 2.24) is 9.97 Å². The number of thioether (sulfide) groups is 1. The van der Waals surface area contributed by atoms with Crippen molar-refractivity contribution >= 4 is 29.5 Å². The van der Waals surface area contributed by atoms with Gasteiger partial charge in [-0.25, -0.2) is 9.78 Å². The zero-order valence-electron chi connectivity index (χ0n) is 19.2. The molecule has 0 saturated carbocycles. The fourth-order valence-corrected chi connectivity index (χ4v) is 4.06. The summed E-state index contributed by atoms with van der Waals surface area (Å²) < 4.78 is 0. The highest BCUT2D eigenvalue weighted by molar-refractivity contribution is 7.98. The molecule has 7 heteroatoms. The van der Waals surface area contributed by atoms with Crippen LogP contribution in [0, 0.1) is 0 Å². The lowest BCUT2D eigenvalue weighted by Crippen LogP contribution is -2.18. The van der Waals surface area contributed by atoms with E-state index in [0.29, 0.717) is 29.1 Å². The first-order chi connectivity index (χ1) is 15.1. The second-order valence-corrected chi connectivity index (χ2v) is 9.79. The van der Waals surface area contributed by atoms with Crippen LogP contribution in [0.5, 0.6) is 0 Å². The number of carbonyl (C=O) groups is 1. The average molecular weight is 451 g/mol. The summed E-state index contributed by atoms with van der Waals surface area (Å²) in [6.45, 7) is 7.00. The summed E-state index contributed by atoms with van der Waals surface area (Å²) in [7, 11) is 3.69. The summed E-state index contributed by atoms with van der Waals surface area (Å²) in [4.78, 5) is 22.9. The van der Waals surface area contributed by atoms with Crippen molar-refractivity contribution in [2.24, 2.45) is 0 Å². The second kappa shape index (κ2) is 10.0. The van der Waals surface area contributed by atoms with Crippen LogP contribution in [0.4, 0.5) is 11.8 Å². The number of aromatic nitrogens is 2. The maximum atomic E-state index is 12.2. The smallest absolute Gasteiger partial charge is 0.342 e. The number of benzene rings is 2. The van der Waals surface area contributed by atoms with Crippen molar-refractivity contribution in [3.05, 3.63) is 76.9 Å². The molecule has 1 heterocycles. The largest absolute Gasteiger partial charge is 0.477 e. The quantitative estimate of drug-likeness (QED) is 0.349. The first kappa shape index (κ1) is 23.6. The number of hydrogen-bond acceptors (Lipinski definition) is 6. The number of hydrogen-bond donors (Lipinski definition) is 2. The zero-order chi connectivity index (χ0) is 23.3. The van der Waals surface area contributed by atoms with Crippen molar-refractivity contribution in [3.8, 4) is 0 Å². The topological polar surface area (TPSA) is 78.4 Å². The maximum absolute atomic E-state index is 12.2. The Morgan fingerprint density at radius 1 is 1.00 bits per heavy atom. The number of rotatable bonds is 8. The number of carboxylic acid groups (broad SMARTS) is 1. The van der Waals surface area contributed by atoms with Gasteiger partial charge in [0.2, 0.25) is 5.95 Å². The lowest BCUT2D eigenvalue weighted by Gasteiger charge is -2.19. The van der Waals surface area contributed by atoms with Gasteiger partial charge in [0.15, 0.2) is 0 Å². The van der Waals surface area contributed by atoms with Gasteiger partial charge in [-0.1, -0.05) is 75.4 Å². The van der Waals surface area contributed by atoms with E-state index < -0.39 is 5.97 Å². The molecule has 0 spiro atoms. The number of nitrogens with zero attached hydrogens (tertiary/aromatic N) is 3. The van der Waals surface area contributed by atoms with Crippen molar-refractivity contribution in [3.63, 3.8) is 0 Å². The van der Waals surface area contributed by atoms with Crippen LogP contribution in [0.3, 0.4) is 0 Å². The molecule has 0 aliphatic rings. The van der Waals surface area contributed by atoms with Crippen LogP contribution < -0.4 is 10.2 Å². The van der Waals surface area contributed by atoms with Crippen LogP contribution >= 0.6 is 11.8 Å². The Morgan fingerprint density at radius 3 is 2.22 bits per heavy atom. The Kier molecular flexibility index (Phi) is 7.40. The van der Waals surface area contributed by atoms with Gasteiger partial charge in [-0.05, 0) is 22.1 Å². The maximum Gasteiger partial charge on any atom is 0.342 e. The van der Waals surface area contributed by atoms with E-state index in [1.54, 1.807) is 4.90 Å². The predicted octanol–water partition coefficient (Wildman–Crippen LogP) is 5.44. The van der Waals surface area contributed by atoms with Crippen molar-refractivity contribution < 1.29 is 9.90 Å². The molecule has 0 aliphatic heterocycles. The molecule has 0 radical (unpaired) electrons. The van der Waals surface area contributed by atoms with E-state index in [0.717, 1.165) is 11.1 Å². The number of aromatic carboxylic acids is 1. The molecular formula is C25H30N4O2S. The van der Waals surface area contributed by atoms with Crippen LogP contribution in [0.2, 0.25) is 0 Å². The second-order valence-electron chi connectivity index (χ2n) is 8.83. The van der Waals surface area contributed by atoms with Gasteiger partial charge in [0.25, 0.3) is 0 Å². The molecule has 32 heavy (non-hydrogen) atoms. The Bertz CT molecular complexity index is 1060. The molecule has 6 nitrogen and oxygen atoms in total. The fourth-order valence-electron chi connectivity index (χ4n) is 3.09. The average Bonchev–Trinajstić information content (AvgIpc) is 2.76. The van der Waals surface area contributed by atoms with Crippen LogP contribution in [-0.2, 0) is 17.7 Å². The van der Waals surface area contributed by atoms with Gasteiger partial charge in [0, 0.05) is 26.4 Å². The Hall–Kier alpha value is -3.06. The molecule has 0 bridgehead atoms. The van der Waals surface area contributed by atoms with Gasteiger partial charge in [-0.3, -0.25) is 0 Å². The fraction of sp³-hybridized carbons (Fsp3) is 0.320. The van der Waals surface area contributed by atoms with E-state index in [4.69, 9.17) is 0 Å². The van der Waals surface area contributed by atoms with Crippen molar-refractivity contribution in [2.75, 3.05) is 24.3 Å². The van der Waals surface area contributed by atoms with E-state index in [-0.39, 0.29) is 11.0 Å². The van der Waals surface area contributed by atoms with Gasteiger partial charge in [-0.15, -0.1) is 11.8 Å². The molecule has 168 valence electrons. The molecule has 0 amide bonds. The van der Waals surface area contributed by atoms with Gasteiger partial charge < -0.3 is 15.3 Å². The van der Waals surface area contributed by atoms with E-state index in [1.807, 2.05) is 44.4 Å². The normalized spacial score (nSPS) is 11.3. The summed E-state index contributed by atoms with van der Waals surface area (Å²) in [6.07, 6.45) is 0. The summed E-state index contributed by atoms with van der Waals surface area (Å²) in [5.74, 6) is 0.373. The summed E-state index contributed by atoms with van der Waals surface area (Å²) in [6, 6.07) is 18.3. The lowest BCUT2D eigenvalue weighted by atomic mass is 9.87. The van der Waals surface area contributed by atoms with E-state index in [1.165, 1.54) is 17.3 Å². The third kappa shape index (κ3) is 6.01. The minimum absolute atomic E-state index is 0.0839. The van der Waals surface area contributed by atoms with Gasteiger partial charge in [0.1, 0.15) is 16.4 Å². The molecule has 0 atom stereocenters. The standard InChI is InChI=1S/C25H30N4O2S/c1-25(2,3)19-13-11-17(12-14-19)15-26-21-20(23(30)31)22(28-24(27-21)29(4)5)32-16-18-9-7-6-8-10-18/h6-14H,15-16H2,1-5H3,(H,30,31)(H,26,27,28). The number of nitrogens with one attached hydrogen (secondary N) is 1. The molecule has 3 aromatic rings. The molecule has 0 saturated heterocycles. The predicted molar refractivity (Wildman–Crippen MR) is 132 cm³/mol. The van der Waals surface area contributed by atoms with Gasteiger partial charge in [0.05, 0.1) is 0 Å². The molecule has 1 aromatic heterocycles. The molecule has 0 fully saturated rings. The summed E-state index contributed by atoms with van der Waals surface area (Å²) in [5, 5.41) is 13.6. The van der Waals surface area contributed by atoms with Crippen molar-refractivity contribution in [1.29, 1.82) is 0 Å². The highest BCUT2D eigenvalue weighted by Gasteiger charge is 2.22. The lowest BCUT2D eigenvalue weighted by molar-refractivity contribution is 0.0693. The monoisotopic (exact) mass is 450 g/mol. The highest BCUT2D eigenvalue weighted by Crippen LogP contribution is 2.31. The first-order valence-corrected chi connectivity index (χ1v) is 11.5. The first-order valence-electron chi connectivity index (χ1n) is 10.5. The molecule has 2 N–H and O–H groups in total. The Labute approximate surface area is 194 Å². The third-order valence-electron chi connectivity index (χ3n) is 4.98. The molecular weight excluding hydrogens is 420 g/mol. The molecule has 3 rings (SSSR count). The van der Waals surface area contributed by atoms with Crippen LogP contribution in [0.1, 0.15) is 47.8 Å². The zero-order valence-corrected chi connectivity index (χ0v) is 20.0. The molecule has 0 unspecified atom stereocenters. The van der Waals surface area contributed by atoms with Crippen LogP contribution in [0.15, 0.2) is 59.6 Å². The van der Waals surface area contributed by atoms with E-state index >= 15 is 0 Å². The van der Waals surface area contributed by atoms with E-state index in [9.17, 15) is 9.90 Å². The number of carboxylic acids is 1. The van der Waals surface area contributed by atoms with Gasteiger partial charge >= 0.3 is 5.97 Å². The van der Waals surface area contributed by atoms with Gasteiger partial charge in [-0.2, -0.15) is 4.98 Å². The SMILES string of the molecule is CN(C)c1nc(NCc2ccc(C(C)(C)C)cc2)c(C(=O)O)c(SCc2ccccc2)n1. The minimum atomic E-state index is -1.04. The summed E-state index contributed by atoms with van der Waals surface area (Å²) in [5.41, 5.74) is 3.60. The van der Waals surface area contributed by atoms with Crippen LogP contribution in [0.25, 0.3) is 0 Å². The molecule has 2 aromatic carbocycles. The third-order valence-corrected chi connectivity index (χ3v) is 6.02.